The molecule has 0 fully saturated rings. The Hall–Kier alpha value is -1.93. The Balaban J connectivity index is 3.74. The van der Waals surface area contributed by atoms with Gasteiger partial charge in [-0.25, -0.2) is 0 Å². The van der Waals surface area contributed by atoms with Gasteiger partial charge in [-0.15, -0.1) is 12.2 Å². The molecule has 0 aromatic carbocycles. The standard InChI is InChI=1S/C13H14O3/c1-2-3-4-5-6-9-12(14)10-7-8-11-13(15)16/h1,5,9,12,14H,7-8,10-11H2,(H,15,16)/t6?,12-/m1/s1. The minimum Gasteiger partial charge on any atom is -0.481 e. The van der Waals surface area contributed by atoms with Crippen molar-refractivity contribution < 1.29 is 15.0 Å². The van der Waals surface area contributed by atoms with Crippen molar-refractivity contribution in [2.24, 2.45) is 0 Å². The Morgan fingerprint density at radius 3 is 2.81 bits per heavy atom. The second-order valence-corrected chi connectivity index (χ2v) is 3.10. The lowest BCUT2D eigenvalue weighted by Gasteiger charge is -2.02. The fraction of sp³-hybridized carbons (Fsp3) is 0.385. The van der Waals surface area contributed by atoms with E-state index in [0.29, 0.717) is 19.3 Å². The predicted octanol–water partition coefficient (Wildman–Crippen LogP) is 1.34. The van der Waals surface area contributed by atoms with Crippen LogP contribution in [-0.4, -0.2) is 22.3 Å². The normalized spacial score (nSPS) is 10.0. The number of hydrogen-bond acceptors (Lipinski definition) is 2. The Labute approximate surface area is 95.5 Å². The third-order valence-corrected chi connectivity index (χ3v) is 1.73. The minimum absolute atomic E-state index is 0.139. The fourth-order valence-electron chi connectivity index (χ4n) is 0.992. The molecule has 0 aromatic rings. The number of carbonyl (C=O) groups is 1. The summed E-state index contributed by atoms with van der Waals surface area (Å²) >= 11 is 0. The molecular weight excluding hydrogens is 204 g/mol. The highest BCUT2D eigenvalue weighted by atomic mass is 16.4. The highest BCUT2D eigenvalue weighted by Gasteiger charge is 2.00. The molecule has 0 unspecified atom stereocenters. The van der Waals surface area contributed by atoms with Gasteiger partial charge in [0, 0.05) is 12.5 Å². The maximum atomic E-state index is 10.2. The van der Waals surface area contributed by atoms with Crippen LogP contribution in [0.5, 0.6) is 0 Å². The SMILES string of the molecule is C#CC#CC=C=C[C@@H](O)CCCCC(=O)O. The summed E-state index contributed by atoms with van der Waals surface area (Å²) in [6.45, 7) is 0. The van der Waals surface area contributed by atoms with Crippen LogP contribution in [0.25, 0.3) is 0 Å². The molecule has 0 amide bonds. The second kappa shape index (κ2) is 9.62. The Kier molecular flexibility index (Phi) is 8.46. The number of terminal acetylenes is 1. The lowest BCUT2D eigenvalue weighted by Crippen LogP contribution is -2.02. The summed E-state index contributed by atoms with van der Waals surface area (Å²) in [4.78, 5) is 10.2. The van der Waals surface area contributed by atoms with Crippen LogP contribution in [0.1, 0.15) is 25.7 Å². The third-order valence-electron chi connectivity index (χ3n) is 1.73. The summed E-state index contributed by atoms with van der Waals surface area (Å²) in [5, 5.41) is 17.8. The summed E-state index contributed by atoms with van der Waals surface area (Å²) in [6.07, 6.45) is 9.09. The molecule has 0 radical (unpaired) electrons. The molecule has 0 aliphatic rings. The van der Waals surface area contributed by atoms with E-state index in [1.54, 1.807) is 0 Å². The van der Waals surface area contributed by atoms with Gasteiger partial charge in [0.15, 0.2) is 0 Å². The largest absolute Gasteiger partial charge is 0.481 e. The van der Waals surface area contributed by atoms with E-state index in [1.807, 2.05) is 0 Å². The van der Waals surface area contributed by atoms with Crippen molar-refractivity contribution >= 4 is 5.97 Å². The highest BCUT2D eigenvalue weighted by Crippen LogP contribution is 2.04. The molecule has 16 heavy (non-hydrogen) atoms. The van der Waals surface area contributed by atoms with Gasteiger partial charge in [-0.05, 0) is 37.2 Å². The number of unbranched alkanes of at least 4 members (excludes halogenated alkanes) is 1. The van der Waals surface area contributed by atoms with Crippen LogP contribution in [0.3, 0.4) is 0 Å². The van der Waals surface area contributed by atoms with Gasteiger partial charge in [0.2, 0.25) is 0 Å². The third kappa shape index (κ3) is 10.2. The Bertz CT molecular complexity index is 370. The molecule has 3 heteroatoms. The molecular formula is C13H14O3. The molecule has 3 nitrogen and oxygen atoms in total. The molecule has 1 atom stereocenters. The lowest BCUT2D eigenvalue weighted by atomic mass is 10.1. The van der Waals surface area contributed by atoms with Gasteiger partial charge in [0.25, 0.3) is 0 Å². The number of aliphatic hydroxyl groups is 1. The van der Waals surface area contributed by atoms with Gasteiger partial charge < -0.3 is 10.2 Å². The molecule has 0 heterocycles. The van der Waals surface area contributed by atoms with Crippen LogP contribution in [-0.2, 0) is 4.79 Å². The van der Waals surface area contributed by atoms with E-state index < -0.39 is 12.1 Å². The number of carboxylic acids is 1. The van der Waals surface area contributed by atoms with E-state index in [9.17, 15) is 9.90 Å². The zero-order valence-electron chi connectivity index (χ0n) is 8.94. The fourth-order valence-corrected chi connectivity index (χ4v) is 0.992. The first-order valence-electron chi connectivity index (χ1n) is 4.94. The molecule has 84 valence electrons. The molecule has 0 bridgehead atoms. The van der Waals surface area contributed by atoms with Crippen molar-refractivity contribution in [3.05, 3.63) is 17.9 Å². The maximum Gasteiger partial charge on any atom is 0.303 e. The monoisotopic (exact) mass is 218 g/mol. The summed E-state index contributed by atoms with van der Waals surface area (Å²) in [6, 6.07) is 0. The molecule has 0 aliphatic carbocycles. The number of rotatable bonds is 6. The van der Waals surface area contributed by atoms with Gasteiger partial charge in [-0.2, -0.15) is 0 Å². The molecule has 0 aliphatic heterocycles. The first-order chi connectivity index (χ1) is 7.66. The summed E-state index contributed by atoms with van der Waals surface area (Å²) < 4.78 is 0. The molecule has 0 saturated heterocycles. The van der Waals surface area contributed by atoms with E-state index in [0.717, 1.165) is 0 Å². The van der Waals surface area contributed by atoms with Crippen LogP contribution in [0.2, 0.25) is 0 Å². The van der Waals surface area contributed by atoms with Crippen LogP contribution in [0, 0.1) is 24.2 Å². The van der Waals surface area contributed by atoms with E-state index in [1.165, 1.54) is 12.2 Å². The molecule has 2 N–H and O–H groups in total. The first-order valence-corrected chi connectivity index (χ1v) is 4.94. The van der Waals surface area contributed by atoms with Crippen molar-refractivity contribution in [2.75, 3.05) is 0 Å². The van der Waals surface area contributed by atoms with E-state index >= 15 is 0 Å². The predicted molar refractivity (Wildman–Crippen MR) is 61.4 cm³/mol. The average Bonchev–Trinajstić information content (AvgIpc) is 2.24. The zero-order chi connectivity index (χ0) is 12.2. The highest BCUT2D eigenvalue weighted by molar-refractivity contribution is 5.66. The topological polar surface area (TPSA) is 57.5 Å². The second-order valence-electron chi connectivity index (χ2n) is 3.10. The van der Waals surface area contributed by atoms with Gasteiger partial charge in [-0.1, -0.05) is 5.92 Å². The maximum absolute atomic E-state index is 10.2. The van der Waals surface area contributed by atoms with Gasteiger partial charge in [0.05, 0.1) is 6.10 Å². The number of aliphatic carboxylic acids is 1. The minimum atomic E-state index is -0.811. The molecule has 0 aromatic heterocycles. The van der Waals surface area contributed by atoms with E-state index in [-0.39, 0.29) is 6.42 Å². The number of aliphatic hydroxyl groups excluding tert-OH is 1. The van der Waals surface area contributed by atoms with Crippen molar-refractivity contribution in [3.63, 3.8) is 0 Å². The molecule has 0 rings (SSSR count). The quantitative estimate of drug-likeness (QED) is 0.402. The van der Waals surface area contributed by atoms with Crippen LogP contribution in [0.4, 0.5) is 0 Å². The Morgan fingerprint density at radius 2 is 2.19 bits per heavy atom. The van der Waals surface area contributed by atoms with Crippen LogP contribution < -0.4 is 0 Å². The van der Waals surface area contributed by atoms with Crippen molar-refractivity contribution in [3.8, 4) is 24.2 Å². The number of hydrogen-bond donors (Lipinski definition) is 2. The van der Waals surface area contributed by atoms with Crippen molar-refractivity contribution in [1.82, 2.24) is 0 Å². The Morgan fingerprint density at radius 1 is 1.44 bits per heavy atom. The van der Waals surface area contributed by atoms with E-state index in [4.69, 9.17) is 11.5 Å². The molecule has 0 saturated carbocycles. The average molecular weight is 218 g/mol. The van der Waals surface area contributed by atoms with Gasteiger partial charge >= 0.3 is 5.97 Å². The van der Waals surface area contributed by atoms with Crippen LogP contribution in [0.15, 0.2) is 17.9 Å². The zero-order valence-corrected chi connectivity index (χ0v) is 8.94. The summed E-state index contributed by atoms with van der Waals surface area (Å²) in [5.74, 6) is 6.24. The first kappa shape index (κ1) is 14.1. The smallest absolute Gasteiger partial charge is 0.303 e. The van der Waals surface area contributed by atoms with E-state index in [2.05, 4.69) is 23.5 Å². The summed E-state index contributed by atoms with van der Waals surface area (Å²) in [7, 11) is 0. The lowest BCUT2D eigenvalue weighted by molar-refractivity contribution is -0.137. The molecule has 0 spiro atoms. The summed E-state index contributed by atoms with van der Waals surface area (Å²) in [5.41, 5.74) is 2.68. The van der Waals surface area contributed by atoms with Crippen LogP contribution >= 0.6 is 0 Å². The van der Waals surface area contributed by atoms with Gasteiger partial charge in [0.1, 0.15) is 0 Å². The van der Waals surface area contributed by atoms with Crippen molar-refractivity contribution in [1.29, 1.82) is 0 Å². The van der Waals surface area contributed by atoms with Gasteiger partial charge in [-0.3, -0.25) is 4.79 Å². The van der Waals surface area contributed by atoms with Crippen molar-refractivity contribution in [2.45, 2.75) is 31.8 Å². The number of carboxylic acid groups (broad SMARTS) is 1.